The van der Waals surface area contributed by atoms with Crippen LogP contribution in [0.3, 0.4) is 0 Å². The van der Waals surface area contributed by atoms with Gasteiger partial charge in [0.05, 0.1) is 6.61 Å². The molecule has 0 saturated heterocycles. The van der Waals surface area contributed by atoms with E-state index in [9.17, 15) is 14.4 Å². The molecule has 112 valence electrons. The van der Waals surface area contributed by atoms with Crippen molar-refractivity contribution in [2.75, 3.05) is 6.61 Å². The van der Waals surface area contributed by atoms with E-state index in [0.717, 1.165) is 6.42 Å². The average molecular weight is 290 g/mol. The molecule has 5 heteroatoms. The van der Waals surface area contributed by atoms with Gasteiger partial charge in [0.2, 0.25) is 17.7 Å². The van der Waals surface area contributed by atoms with Gasteiger partial charge >= 0.3 is 5.97 Å². The van der Waals surface area contributed by atoms with Crippen molar-refractivity contribution >= 4 is 17.5 Å². The Bertz CT molecular complexity index is 576. The lowest BCUT2D eigenvalue weighted by Crippen LogP contribution is -2.28. The third-order valence-corrected chi connectivity index (χ3v) is 3.17. The maximum atomic E-state index is 12.2. The normalized spacial score (nSPS) is 16.8. The first-order valence-electron chi connectivity index (χ1n) is 7.13. The fourth-order valence-corrected chi connectivity index (χ4v) is 2.15. The van der Waals surface area contributed by atoms with Crippen molar-refractivity contribution in [2.24, 2.45) is 0 Å². The lowest BCUT2D eigenvalue weighted by atomic mass is 10.1. The van der Waals surface area contributed by atoms with Gasteiger partial charge in [0.25, 0.3) is 0 Å². The average Bonchev–Trinajstić information content (AvgIpc) is 2.70. The molecule has 0 aliphatic heterocycles. The summed E-state index contributed by atoms with van der Waals surface area (Å²) < 4.78 is 10.4. The van der Waals surface area contributed by atoms with Gasteiger partial charge in [0, 0.05) is 17.5 Å². The summed E-state index contributed by atoms with van der Waals surface area (Å²) in [5.41, 5.74) is 0.557. The summed E-state index contributed by atoms with van der Waals surface area (Å²) >= 11 is 0. The molecule has 0 bridgehead atoms. The Morgan fingerprint density at radius 1 is 1.10 bits per heavy atom. The lowest BCUT2D eigenvalue weighted by molar-refractivity contribution is -0.145. The van der Waals surface area contributed by atoms with E-state index >= 15 is 0 Å². The Kier molecular flexibility index (Phi) is 4.73. The first kappa shape index (κ1) is 15.2. The SMILES string of the molecule is CCCOc1ccc2c(c1)C(=O)C(OC(=O)CCC)C2=O. The second-order valence-corrected chi connectivity index (χ2v) is 4.90. The fraction of sp³-hybridized carbons (Fsp3) is 0.438. The zero-order chi connectivity index (χ0) is 15.4. The Balaban J connectivity index is 2.19. The summed E-state index contributed by atoms with van der Waals surface area (Å²) in [6.45, 7) is 4.34. The van der Waals surface area contributed by atoms with Gasteiger partial charge in [-0.05, 0) is 31.0 Å². The van der Waals surface area contributed by atoms with Crippen molar-refractivity contribution in [1.29, 1.82) is 0 Å². The molecule has 1 aliphatic carbocycles. The van der Waals surface area contributed by atoms with Crippen LogP contribution >= 0.6 is 0 Å². The quantitative estimate of drug-likeness (QED) is 0.595. The molecule has 2 rings (SSSR count). The molecular formula is C16H18O5. The zero-order valence-corrected chi connectivity index (χ0v) is 12.2. The first-order valence-corrected chi connectivity index (χ1v) is 7.13. The van der Waals surface area contributed by atoms with E-state index in [1.165, 1.54) is 0 Å². The van der Waals surface area contributed by atoms with Crippen LogP contribution in [0.5, 0.6) is 5.75 Å². The molecule has 1 aliphatic rings. The molecule has 1 aromatic rings. The van der Waals surface area contributed by atoms with Crippen LogP contribution in [0.4, 0.5) is 0 Å². The monoisotopic (exact) mass is 290 g/mol. The minimum absolute atomic E-state index is 0.193. The maximum absolute atomic E-state index is 12.2. The van der Waals surface area contributed by atoms with E-state index in [1.54, 1.807) is 18.2 Å². The molecule has 0 radical (unpaired) electrons. The number of hydrogen-bond acceptors (Lipinski definition) is 5. The lowest BCUT2D eigenvalue weighted by Gasteiger charge is -2.08. The molecule has 0 heterocycles. The number of fused-ring (bicyclic) bond motifs is 1. The van der Waals surface area contributed by atoms with E-state index in [0.29, 0.717) is 18.8 Å². The summed E-state index contributed by atoms with van der Waals surface area (Å²) in [7, 11) is 0. The van der Waals surface area contributed by atoms with Gasteiger partial charge in [-0.1, -0.05) is 13.8 Å². The number of rotatable bonds is 6. The number of ether oxygens (including phenoxy) is 2. The van der Waals surface area contributed by atoms with Crippen LogP contribution in [0, 0.1) is 0 Å². The second kappa shape index (κ2) is 6.52. The Morgan fingerprint density at radius 2 is 1.81 bits per heavy atom. The minimum atomic E-state index is -1.33. The number of ketones is 2. The molecule has 0 aromatic heterocycles. The summed E-state index contributed by atoms with van der Waals surface area (Å²) in [6, 6.07) is 4.74. The molecule has 0 N–H and O–H groups in total. The number of Topliss-reactive ketones (excluding diaryl/α,β-unsaturated/α-hetero) is 2. The first-order chi connectivity index (χ1) is 10.1. The van der Waals surface area contributed by atoms with E-state index in [1.807, 2.05) is 13.8 Å². The molecular weight excluding hydrogens is 272 g/mol. The van der Waals surface area contributed by atoms with Crippen molar-refractivity contribution in [2.45, 2.75) is 39.2 Å². The number of esters is 1. The number of carbonyl (C=O) groups excluding carboxylic acids is 3. The highest BCUT2D eigenvalue weighted by atomic mass is 16.6. The molecule has 0 amide bonds. The Hall–Kier alpha value is -2.17. The third kappa shape index (κ3) is 3.12. The van der Waals surface area contributed by atoms with Crippen LogP contribution in [0.2, 0.25) is 0 Å². The van der Waals surface area contributed by atoms with E-state index in [4.69, 9.17) is 9.47 Å². The van der Waals surface area contributed by atoms with Crippen LogP contribution in [0.25, 0.3) is 0 Å². The van der Waals surface area contributed by atoms with E-state index in [-0.39, 0.29) is 17.5 Å². The molecule has 0 fully saturated rings. The van der Waals surface area contributed by atoms with Gasteiger partial charge in [0.15, 0.2) is 0 Å². The highest BCUT2D eigenvalue weighted by Crippen LogP contribution is 2.28. The Morgan fingerprint density at radius 3 is 2.48 bits per heavy atom. The fourth-order valence-electron chi connectivity index (χ4n) is 2.15. The smallest absolute Gasteiger partial charge is 0.306 e. The zero-order valence-electron chi connectivity index (χ0n) is 12.2. The molecule has 5 nitrogen and oxygen atoms in total. The summed E-state index contributed by atoms with van der Waals surface area (Å²) in [4.78, 5) is 35.9. The van der Waals surface area contributed by atoms with Crippen molar-refractivity contribution in [3.8, 4) is 5.75 Å². The number of benzene rings is 1. The molecule has 1 atom stereocenters. The van der Waals surface area contributed by atoms with Crippen molar-refractivity contribution < 1.29 is 23.9 Å². The van der Waals surface area contributed by atoms with Crippen LogP contribution in [-0.4, -0.2) is 30.2 Å². The Labute approximate surface area is 123 Å². The highest BCUT2D eigenvalue weighted by Gasteiger charge is 2.41. The van der Waals surface area contributed by atoms with Gasteiger partial charge < -0.3 is 9.47 Å². The van der Waals surface area contributed by atoms with E-state index < -0.39 is 23.6 Å². The topological polar surface area (TPSA) is 69.7 Å². The van der Waals surface area contributed by atoms with Gasteiger partial charge in [-0.25, -0.2) is 0 Å². The standard InChI is InChI=1S/C16H18O5/c1-3-5-13(17)21-16-14(18)11-7-6-10(20-8-4-2)9-12(11)15(16)19/h6-7,9,16H,3-5,8H2,1-2H3. The van der Waals surface area contributed by atoms with Crippen molar-refractivity contribution in [3.05, 3.63) is 29.3 Å². The largest absolute Gasteiger partial charge is 0.494 e. The number of hydrogen-bond donors (Lipinski definition) is 0. The van der Waals surface area contributed by atoms with Gasteiger partial charge in [-0.2, -0.15) is 0 Å². The van der Waals surface area contributed by atoms with Crippen molar-refractivity contribution in [3.63, 3.8) is 0 Å². The van der Waals surface area contributed by atoms with Crippen LogP contribution in [-0.2, 0) is 9.53 Å². The summed E-state index contributed by atoms with van der Waals surface area (Å²) in [6.07, 6.45) is 0.315. The number of carbonyl (C=O) groups is 3. The van der Waals surface area contributed by atoms with Gasteiger partial charge in [-0.3, -0.25) is 14.4 Å². The molecule has 1 aromatic carbocycles. The molecule has 0 spiro atoms. The third-order valence-electron chi connectivity index (χ3n) is 3.17. The molecule has 1 unspecified atom stereocenters. The highest BCUT2D eigenvalue weighted by molar-refractivity contribution is 6.29. The van der Waals surface area contributed by atoms with Crippen LogP contribution in [0.15, 0.2) is 18.2 Å². The van der Waals surface area contributed by atoms with Crippen LogP contribution in [0.1, 0.15) is 53.8 Å². The maximum Gasteiger partial charge on any atom is 0.306 e. The van der Waals surface area contributed by atoms with Crippen molar-refractivity contribution in [1.82, 2.24) is 0 Å². The molecule has 21 heavy (non-hydrogen) atoms. The second-order valence-electron chi connectivity index (χ2n) is 4.90. The summed E-state index contributed by atoms with van der Waals surface area (Å²) in [5.74, 6) is -0.917. The molecule has 0 saturated carbocycles. The van der Waals surface area contributed by atoms with Gasteiger partial charge in [-0.15, -0.1) is 0 Å². The van der Waals surface area contributed by atoms with Crippen LogP contribution < -0.4 is 4.74 Å². The van der Waals surface area contributed by atoms with E-state index in [2.05, 4.69) is 0 Å². The predicted octanol–water partition coefficient (Wildman–Crippen LogP) is 2.57. The minimum Gasteiger partial charge on any atom is -0.494 e. The van der Waals surface area contributed by atoms with Gasteiger partial charge in [0.1, 0.15) is 5.75 Å². The predicted molar refractivity (Wildman–Crippen MR) is 75.7 cm³/mol. The summed E-state index contributed by atoms with van der Waals surface area (Å²) in [5, 5.41) is 0.